The first-order chi connectivity index (χ1) is 12.8. The van der Waals surface area contributed by atoms with Gasteiger partial charge in [0.25, 0.3) is 5.56 Å². The lowest BCUT2D eigenvalue weighted by molar-refractivity contribution is -0.137. The third-order valence-corrected chi connectivity index (χ3v) is 5.17. The molecule has 2 heterocycles. The van der Waals surface area contributed by atoms with Crippen LogP contribution in [0, 0.1) is 5.92 Å². The van der Waals surface area contributed by atoms with Crippen LogP contribution in [0.25, 0.3) is 11.1 Å². The summed E-state index contributed by atoms with van der Waals surface area (Å²) in [4.78, 5) is 26.1. The van der Waals surface area contributed by atoms with Crippen molar-refractivity contribution in [1.82, 2.24) is 10.3 Å². The molecule has 1 amide bonds. The van der Waals surface area contributed by atoms with E-state index in [0.29, 0.717) is 30.3 Å². The molecule has 1 saturated heterocycles. The second-order valence-electron chi connectivity index (χ2n) is 6.94. The summed E-state index contributed by atoms with van der Waals surface area (Å²) in [6, 6.07) is 7.54. The minimum Gasteiger partial charge on any atom is -0.438 e. The van der Waals surface area contributed by atoms with Crippen molar-refractivity contribution in [3.63, 3.8) is 0 Å². The summed E-state index contributed by atoms with van der Waals surface area (Å²) in [6.45, 7) is 0.462. The molecule has 5 nitrogen and oxygen atoms in total. The highest BCUT2D eigenvalue weighted by Gasteiger charge is 2.51. The number of hydrogen-bond acceptors (Lipinski definition) is 3. The number of amides is 1. The number of halogens is 3. The highest BCUT2D eigenvalue weighted by atomic mass is 19.4. The largest absolute Gasteiger partial charge is 0.438 e. The van der Waals surface area contributed by atoms with Crippen LogP contribution in [0.3, 0.4) is 0 Å². The van der Waals surface area contributed by atoms with Crippen molar-refractivity contribution in [1.29, 1.82) is 0 Å². The van der Waals surface area contributed by atoms with Crippen molar-refractivity contribution in [3.8, 4) is 11.1 Å². The lowest BCUT2D eigenvalue weighted by Gasteiger charge is -2.38. The van der Waals surface area contributed by atoms with Gasteiger partial charge in [-0.15, -0.1) is 0 Å². The molecule has 1 aliphatic heterocycles. The highest BCUT2D eigenvalue weighted by molar-refractivity contribution is 5.70. The lowest BCUT2D eigenvalue weighted by atomic mass is 9.83. The van der Waals surface area contributed by atoms with Crippen LogP contribution in [-0.2, 0) is 16.5 Å². The van der Waals surface area contributed by atoms with Gasteiger partial charge in [0.2, 0.25) is 0 Å². The Morgan fingerprint density at radius 1 is 1.15 bits per heavy atom. The molecule has 4 rings (SSSR count). The Labute approximate surface area is 152 Å². The van der Waals surface area contributed by atoms with Gasteiger partial charge in [0.1, 0.15) is 5.60 Å². The van der Waals surface area contributed by atoms with Crippen molar-refractivity contribution in [2.75, 3.05) is 6.54 Å². The zero-order chi connectivity index (χ0) is 19.2. The number of pyridine rings is 1. The van der Waals surface area contributed by atoms with Gasteiger partial charge in [-0.3, -0.25) is 4.79 Å². The first-order valence-electron chi connectivity index (χ1n) is 8.67. The number of carbonyl (C=O) groups excluding carboxylic acids is 1. The number of aromatic nitrogens is 1. The average molecular weight is 378 g/mol. The molecule has 2 N–H and O–H groups in total. The summed E-state index contributed by atoms with van der Waals surface area (Å²) in [5.74, 6) is 0.179. The maximum Gasteiger partial charge on any atom is 0.417 e. The Kier molecular flexibility index (Phi) is 4.01. The lowest BCUT2D eigenvalue weighted by Crippen LogP contribution is -2.46. The predicted octanol–water partition coefficient (Wildman–Crippen LogP) is 3.80. The maximum absolute atomic E-state index is 13.0. The first-order valence-corrected chi connectivity index (χ1v) is 8.67. The summed E-state index contributed by atoms with van der Waals surface area (Å²) in [5.41, 5.74) is -1.34. The molecule has 1 aliphatic carbocycles. The van der Waals surface area contributed by atoms with E-state index in [4.69, 9.17) is 4.74 Å². The van der Waals surface area contributed by atoms with Crippen LogP contribution in [0.2, 0.25) is 0 Å². The fourth-order valence-electron chi connectivity index (χ4n) is 3.69. The van der Waals surface area contributed by atoms with Gasteiger partial charge in [0.15, 0.2) is 0 Å². The number of ether oxygens (including phenoxy) is 1. The summed E-state index contributed by atoms with van der Waals surface area (Å²) in [6.07, 6.45) is -1.99. The van der Waals surface area contributed by atoms with Gasteiger partial charge in [-0.05, 0) is 36.1 Å². The second-order valence-corrected chi connectivity index (χ2v) is 6.94. The molecule has 2 aliphatic rings. The Balaban J connectivity index is 1.79. The van der Waals surface area contributed by atoms with E-state index in [9.17, 15) is 22.8 Å². The molecule has 2 fully saturated rings. The van der Waals surface area contributed by atoms with Crippen LogP contribution in [0.4, 0.5) is 18.0 Å². The number of alkyl carbamates (subject to hydrolysis) is 1. The summed E-state index contributed by atoms with van der Waals surface area (Å²) in [7, 11) is 0. The molecule has 0 unspecified atom stereocenters. The van der Waals surface area contributed by atoms with Gasteiger partial charge in [-0.1, -0.05) is 18.2 Å². The van der Waals surface area contributed by atoms with Crippen LogP contribution in [0.15, 0.2) is 41.3 Å². The molecule has 0 bridgehead atoms. The van der Waals surface area contributed by atoms with E-state index in [1.54, 1.807) is 24.3 Å². The van der Waals surface area contributed by atoms with E-state index < -0.39 is 29.0 Å². The van der Waals surface area contributed by atoms with E-state index in [0.717, 1.165) is 18.9 Å². The fourth-order valence-corrected chi connectivity index (χ4v) is 3.69. The predicted molar refractivity (Wildman–Crippen MR) is 91.0 cm³/mol. The summed E-state index contributed by atoms with van der Waals surface area (Å²) in [5, 5.41) is 2.63. The van der Waals surface area contributed by atoms with Crippen LogP contribution < -0.4 is 10.9 Å². The fraction of sp³-hybridized carbons (Fsp3) is 0.368. The average Bonchev–Trinajstić information content (AvgIpc) is 3.46. The third kappa shape index (κ3) is 3.20. The van der Waals surface area contributed by atoms with E-state index in [1.165, 1.54) is 0 Å². The van der Waals surface area contributed by atoms with Gasteiger partial charge in [-0.25, -0.2) is 4.79 Å². The zero-order valence-corrected chi connectivity index (χ0v) is 14.2. The van der Waals surface area contributed by atoms with E-state index in [1.807, 2.05) is 0 Å². The first kappa shape index (κ1) is 17.6. The Morgan fingerprint density at radius 3 is 2.59 bits per heavy atom. The molecule has 1 aromatic carbocycles. The van der Waals surface area contributed by atoms with Crippen molar-refractivity contribution in [2.24, 2.45) is 5.92 Å². The quantitative estimate of drug-likeness (QED) is 0.854. The van der Waals surface area contributed by atoms with Gasteiger partial charge in [-0.2, -0.15) is 13.2 Å². The number of cyclic esters (lactones) is 1. The minimum absolute atomic E-state index is 0.0714. The van der Waals surface area contributed by atoms with E-state index in [2.05, 4.69) is 10.3 Å². The number of aromatic amines is 1. The van der Waals surface area contributed by atoms with E-state index >= 15 is 0 Å². The topological polar surface area (TPSA) is 71.2 Å². The molecule has 1 atom stereocenters. The Hall–Kier alpha value is -2.77. The molecule has 0 spiro atoms. The SMILES string of the molecule is O=C1NCC[C@@](c2cccc(-c3cc(C(F)(F)F)c[nH]c3=O)c2)(C2CC2)O1. The molecule has 27 heavy (non-hydrogen) atoms. The van der Waals surface area contributed by atoms with E-state index in [-0.39, 0.29) is 11.5 Å². The standard InChI is InChI=1S/C19H17F3N2O3/c20-19(21,22)14-9-15(16(25)24-10-14)11-2-1-3-13(8-11)18(12-4-5-12)6-7-23-17(26)27-18/h1-3,8-10,12H,4-7H2,(H,23,26)(H,24,25)/t18-/m0/s1. The molecule has 1 aromatic heterocycles. The van der Waals surface area contributed by atoms with Crippen LogP contribution in [-0.4, -0.2) is 17.6 Å². The number of H-pyrrole nitrogens is 1. The molecular weight excluding hydrogens is 361 g/mol. The number of alkyl halides is 3. The second kappa shape index (κ2) is 6.14. The van der Waals surface area contributed by atoms with Crippen molar-refractivity contribution in [3.05, 3.63) is 58.0 Å². The van der Waals surface area contributed by atoms with Crippen molar-refractivity contribution < 1.29 is 22.7 Å². The minimum atomic E-state index is -4.56. The molecular formula is C19H17F3N2O3. The highest BCUT2D eigenvalue weighted by Crippen LogP contribution is 2.51. The number of nitrogens with one attached hydrogen (secondary N) is 2. The Morgan fingerprint density at radius 2 is 1.93 bits per heavy atom. The van der Waals surface area contributed by atoms with Gasteiger partial charge in [0.05, 0.1) is 5.56 Å². The number of rotatable bonds is 3. The summed E-state index contributed by atoms with van der Waals surface area (Å²) < 4.78 is 44.7. The van der Waals surface area contributed by atoms with Crippen LogP contribution in [0.5, 0.6) is 0 Å². The summed E-state index contributed by atoms with van der Waals surface area (Å²) >= 11 is 0. The monoisotopic (exact) mass is 378 g/mol. The zero-order valence-electron chi connectivity index (χ0n) is 14.2. The molecule has 1 saturated carbocycles. The van der Waals surface area contributed by atoms with Crippen LogP contribution in [0.1, 0.15) is 30.4 Å². The van der Waals surface area contributed by atoms with Crippen molar-refractivity contribution in [2.45, 2.75) is 31.0 Å². The molecule has 2 aromatic rings. The molecule has 142 valence electrons. The van der Waals surface area contributed by atoms with Gasteiger partial charge >= 0.3 is 12.3 Å². The third-order valence-electron chi connectivity index (χ3n) is 5.17. The van der Waals surface area contributed by atoms with Crippen LogP contribution >= 0.6 is 0 Å². The number of hydrogen-bond donors (Lipinski definition) is 2. The maximum atomic E-state index is 13.0. The van der Waals surface area contributed by atoms with Gasteiger partial charge < -0.3 is 15.0 Å². The smallest absolute Gasteiger partial charge is 0.417 e. The van der Waals surface area contributed by atoms with Gasteiger partial charge in [0, 0.05) is 30.6 Å². The molecule has 0 radical (unpaired) electrons. The number of carbonyl (C=O) groups is 1. The normalized spacial score (nSPS) is 22.9. The van der Waals surface area contributed by atoms with Crippen molar-refractivity contribution >= 4 is 6.09 Å². The number of benzene rings is 1. The Bertz CT molecular complexity index is 950. The molecule has 8 heteroatoms.